The molecule has 1 fully saturated rings. The monoisotopic (exact) mass is 428 g/mol. The normalized spacial score (nSPS) is 21.2. The lowest BCUT2D eigenvalue weighted by Crippen LogP contribution is -2.36. The summed E-state index contributed by atoms with van der Waals surface area (Å²) in [6, 6.07) is 0. The van der Waals surface area contributed by atoms with Gasteiger partial charge in [0.25, 0.3) is 5.92 Å². The lowest BCUT2D eigenvalue weighted by molar-refractivity contribution is -0.0256. The first-order valence-electron chi connectivity index (χ1n) is 11.1. The standard InChI is InChI=1S/C22H38F2N4O2/c1-25-10-12-27(2)14-18-20(19-13-22(23,24)9-11-28(19)26-18)17-5-7-21(8-6-17,15-29-3)16-30-4/h17,25H,5-16H2,1-4H3. The molecule has 0 bridgehead atoms. The van der Waals surface area contributed by atoms with Gasteiger partial charge < -0.3 is 14.8 Å². The number of nitrogens with zero attached hydrogens (tertiary/aromatic N) is 3. The second kappa shape index (κ2) is 10.0. The van der Waals surface area contributed by atoms with Crippen LogP contribution in [0.1, 0.15) is 55.0 Å². The number of aryl methyl sites for hydroxylation is 1. The minimum Gasteiger partial charge on any atom is -0.384 e. The Hall–Kier alpha value is -1.09. The summed E-state index contributed by atoms with van der Waals surface area (Å²) < 4.78 is 41.4. The second-order valence-corrected chi connectivity index (χ2v) is 9.29. The Kier molecular flexibility index (Phi) is 7.87. The number of ether oxygens (including phenoxy) is 2. The predicted octanol–water partition coefficient (Wildman–Crippen LogP) is 3.05. The summed E-state index contributed by atoms with van der Waals surface area (Å²) in [4.78, 5) is 2.22. The number of hydrogen-bond acceptors (Lipinski definition) is 5. The van der Waals surface area contributed by atoms with Gasteiger partial charge in [-0.25, -0.2) is 8.78 Å². The molecule has 3 rings (SSSR count). The predicted molar refractivity (Wildman–Crippen MR) is 113 cm³/mol. The molecule has 30 heavy (non-hydrogen) atoms. The van der Waals surface area contributed by atoms with E-state index in [1.165, 1.54) is 0 Å². The summed E-state index contributed by atoms with van der Waals surface area (Å²) in [5.74, 6) is -2.36. The van der Waals surface area contributed by atoms with Crippen LogP contribution in [0.4, 0.5) is 8.78 Å². The summed E-state index contributed by atoms with van der Waals surface area (Å²) in [6.07, 6.45) is 3.58. The number of hydrogen-bond donors (Lipinski definition) is 1. The fraction of sp³-hybridized carbons (Fsp3) is 0.864. The maximum Gasteiger partial charge on any atom is 0.255 e. The van der Waals surface area contributed by atoms with Crippen LogP contribution in [0, 0.1) is 5.41 Å². The van der Waals surface area contributed by atoms with Crippen molar-refractivity contribution >= 4 is 0 Å². The van der Waals surface area contributed by atoms with E-state index in [0.717, 1.165) is 55.7 Å². The van der Waals surface area contributed by atoms with Crippen LogP contribution in [0.3, 0.4) is 0 Å². The van der Waals surface area contributed by atoms with Crippen LogP contribution < -0.4 is 5.32 Å². The molecule has 1 N–H and O–H groups in total. The fourth-order valence-corrected chi connectivity index (χ4v) is 5.23. The molecule has 0 radical (unpaired) electrons. The molecule has 6 nitrogen and oxygen atoms in total. The second-order valence-electron chi connectivity index (χ2n) is 9.29. The Balaban J connectivity index is 1.84. The fourth-order valence-electron chi connectivity index (χ4n) is 5.23. The molecule has 0 atom stereocenters. The molecule has 0 aromatic carbocycles. The van der Waals surface area contributed by atoms with Gasteiger partial charge in [0.1, 0.15) is 0 Å². The molecule has 2 aliphatic rings. The number of rotatable bonds is 10. The molecule has 0 amide bonds. The van der Waals surface area contributed by atoms with Crippen LogP contribution in [0.15, 0.2) is 0 Å². The SMILES string of the molecule is CNCCN(C)Cc1nn2c(c1C1CCC(COC)(COC)CC1)CC(F)(F)CC2. The van der Waals surface area contributed by atoms with E-state index in [1.807, 2.05) is 11.7 Å². The maximum atomic E-state index is 14.3. The first kappa shape index (κ1) is 23.6. The molecular weight excluding hydrogens is 390 g/mol. The molecule has 0 unspecified atom stereocenters. The Bertz CT molecular complexity index is 679. The van der Waals surface area contributed by atoms with E-state index in [1.54, 1.807) is 14.2 Å². The van der Waals surface area contributed by atoms with Crippen LogP contribution in [0.25, 0.3) is 0 Å². The number of methoxy groups -OCH3 is 2. The van der Waals surface area contributed by atoms with Crippen molar-refractivity contribution in [1.29, 1.82) is 0 Å². The highest BCUT2D eigenvalue weighted by atomic mass is 19.3. The molecule has 0 saturated heterocycles. The average Bonchev–Trinajstić information content (AvgIpc) is 3.03. The van der Waals surface area contributed by atoms with Gasteiger partial charge in [-0.05, 0) is 45.7 Å². The van der Waals surface area contributed by atoms with E-state index in [4.69, 9.17) is 14.6 Å². The van der Waals surface area contributed by atoms with Crippen LogP contribution in [-0.4, -0.2) is 75.2 Å². The van der Waals surface area contributed by atoms with Gasteiger partial charge in [-0.2, -0.15) is 5.10 Å². The van der Waals surface area contributed by atoms with Crippen LogP contribution in [-0.2, 0) is 29.0 Å². The molecule has 1 aliphatic carbocycles. The summed E-state index contributed by atoms with van der Waals surface area (Å²) in [5, 5.41) is 7.99. The van der Waals surface area contributed by atoms with Crippen molar-refractivity contribution in [2.75, 3.05) is 54.6 Å². The molecule has 2 heterocycles. The van der Waals surface area contributed by atoms with Gasteiger partial charge in [-0.1, -0.05) is 0 Å². The van der Waals surface area contributed by atoms with Gasteiger partial charge in [-0.15, -0.1) is 0 Å². The third-order valence-electron chi connectivity index (χ3n) is 6.81. The zero-order chi connectivity index (χ0) is 21.8. The van der Waals surface area contributed by atoms with Gasteiger partial charge in [0.05, 0.1) is 25.3 Å². The van der Waals surface area contributed by atoms with Gasteiger partial charge in [0.15, 0.2) is 0 Å². The van der Waals surface area contributed by atoms with Crippen LogP contribution in [0.5, 0.6) is 0 Å². The molecule has 1 aliphatic heterocycles. The zero-order valence-electron chi connectivity index (χ0n) is 19.0. The van der Waals surface area contributed by atoms with Gasteiger partial charge in [-0.3, -0.25) is 9.58 Å². The third kappa shape index (κ3) is 5.39. The van der Waals surface area contributed by atoms with Crippen molar-refractivity contribution in [2.45, 2.75) is 63.5 Å². The van der Waals surface area contributed by atoms with Gasteiger partial charge in [0.2, 0.25) is 0 Å². The zero-order valence-corrected chi connectivity index (χ0v) is 19.0. The molecule has 1 saturated carbocycles. The maximum absolute atomic E-state index is 14.3. The largest absolute Gasteiger partial charge is 0.384 e. The average molecular weight is 429 g/mol. The quantitative estimate of drug-likeness (QED) is 0.621. The molecule has 0 spiro atoms. The molecule has 172 valence electrons. The summed E-state index contributed by atoms with van der Waals surface area (Å²) in [7, 11) is 7.47. The first-order valence-corrected chi connectivity index (χ1v) is 11.1. The summed E-state index contributed by atoms with van der Waals surface area (Å²) in [5.41, 5.74) is 2.87. The van der Waals surface area contributed by atoms with Crippen molar-refractivity contribution in [1.82, 2.24) is 20.0 Å². The highest BCUT2D eigenvalue weighted by Crippen LogP contribution is 2.46. The molecule has 1 aromatic rings. The number of fused-ring (bicyclic) bond motifs is 1. The Morgan fingerprint density at radius 3 is 2.43 bits per heavy atom. The minimum absolute atomic E-state index is 0.0287. The van der Waals surface area contributed by atoms with E-state index in [0.29, 0.717) is 26.3 Å². The third-order valence-corrected chi connectivity index (χ3v) is 6.81. The summed E-state index contributed by atoms with van der Waals surface area (Å²) in [6.45, 7) is 4.13. The van der Waals surface area contributed by atoms with Crippen LogP contribution >= 0.6 is 0 Å². The highest BCUT2D eigenvalue weighted by molar-refractivity contribution is 5.33. The molecule has 1 aromatic heterocycles. The van der Waals surface area contributed by atoms with Crippen molar-refractivity contribution < 1.29 is 18.3 Å². The van der Waals surface area contributed by atoms with Crippen molar-refractivity contribution in [2.24, 2.45) is 5.41 Å². The minimum atomic E-state index is -2.63. The van der Waals surface area contributed by atoms with Gasteiger partial charge >= 0.3 is 0 Å². The van der Waals surface area contributed by atoms with Crippen LogP contribution in [0.2, 0.25) is 0 Å². The van der Waals surface area contributed by atoms with E-state index < -0.39 is 5.92 Å². The van der Waals surface area contributed by atoms with Crippen molar-refractivity contribution in [3.63, 3.8) is 0 Å². The first-order chi connectivity index (χ1) is 14.3. The Labute approximate surface area is 179 Å². The lowest BCUT2D eigenvalue weighted by Gasteiger charge is -2.40. The molecular formula is C22H38F2N4O2. The number of halogens is 2. The Morgan fingerprint density at radius 2 is 1.83 bits per heavy atom. The van der Waals surface area contributed by atoms with E-state index in [2.05, 4.69) is 17.3 Å². The van der Waals surface area contributed by atoms with Gasteiger partial charge in [0, 0.05) is 63.5 Å². The molecule has 8 heteroatoms. The number of alkyl halides is 2. The highest BCUT2D eigenvalue weighted by Gasteiger charge is 2.42. The summed E-state index contributed by atoms with van der Waals surface area (Å²) >= 11 is 0. The number of nitrogens with one attached hydrogen (secondary N) is 1. The van der Waals surface area contributed by atoms with E-state index >= 15 is 0 Å². The number of likely N-dealkylation sites (N-methyl/N-ethyl adjacent to an activating group) is 2. The van der Waals surface area contributed by atoms with Crippen molar-refractivity contribution in [3.8, 4) is 0 Å². The number of aromatic nitrogens is 2. The van der Waals surface area contributed by atoms with Crippen molar-refractivity contribution in [3.05, 3.63) is 17.0 Å². The Morgan fingerprint density at radius 1 is 1.17 bits per heavy atom. The lowest BCUT2D eigenvalue weighted by atomic mass is 9.69. The topological polar surface area (TPSA) is 51.6 Å². The van der Waals surface area contributed by atoms with E-state index in [9.17, 15) is 8.78 Å². The van der Waals surface area contributed by atoms with E-state index in [-0.39, 0.29) is 24.2 Å². The smallest absolute Gasteiger partial charge is 0.255 e.